The van der Waals surface area contributed by atoms with Crippen LogP contribution in [0.4, 0.5) is 0 Å². The van der Waals surface area contributed by atoms with Gasteiger partial charge in [0, 0.05) is 30.7 Å². The van der Waals surface area contributed by atoms with Gasteiger partial charge < -0.3 is 4.98 Å². The molecule has 0 amide bonds. The average molecular weight is 342 g/mol. The lowest BCUT2D eigenvalue weighted by Gasteiger charge is -2.17. The van der Waals surface area contributed by atoms with Gasteiger partial charge in [-0.25, -0.2) is 12.7 Å². The van der Waals surface area contributed by atoms with Gasteiger partial charge in [0.25, 0.3) is 0 Å². The molecule has 1 N–H and O–H groups in total. The van der Waals surface area contributed by atoms with Gasteiger partial charge in [-0.3, -0.25) is 0 Å². The number of aromatic nitrogens is 1. The van der Waals surface area contributed by atoms with E-state index in [9.17, 15) is 8.42 Å². The number of likely N-dealkylation sites (N-methyl/N-ethyl adjacent to an activating group) is 1. The summed E-state index contributed by atoms with van der Waals surface area (Å²) in [5.41, 5.74) is 3.34. The first-order chi connectivity index (χ1) is 11.5. The van der Waals surface area contributed by atoms with Crippen LogP contribution in [-0.2, 0) is 22.9 Å². The molecule has 24 heavy (non-hydrogen) atoms. The Balaban J connectivity index is 1.74. The quantitative estimate of drug-likeness (QED) is 0.744. The van der Waals surface area contributed by atoms with Crippen LogP contribution in [0.15, 0.2) is 59.6 Å². The van der Waals surface area contributed by atoms with Crippen molar-refractivity contribution in [3.63, 3.8) is 0 Å². The maximum atomic E-state index is 12.7. The van der Waals surface area contributed by atoms with Crippen LogP contribution in [0.1, 0.15) is 18.1 Å². The van der Waals surface area contributed by atoms with E-state index < -0.39 is 10.0 Å². The Morgan fingerprint density at radius 1 is 1.04 bits per heavy atom. The summed E-state index contributed by atoms with van der Waals surface area (Å²) in [6.45, 7) is 2.50. The van der Waals surface area contributed by atoms with Crippen LogP contribution in [0, 0.1) is 0 Å². The first-order valence-corrected chi connectivity index (χ1v) is 9.56. The highest BCUT2D eigenvalue weighted by Gasteiger charge is 2.20. The van der Waals surface area contributed by atoms with Crippen molar-refractivity contribution in [1.29, 1.82) is 0 Å². The Kier molecular flexibility index (Phi) is 4.73. The maximum Gasteiger partial charge on any atom is 0.242 e. The number of rotatable bonds is 6. The largest absolute Gasteiger partial charge is 0.361 e. The highest BCUT2D eigenvalue weighted by atomic mass is 32.2. The maximum absolute atomic E-state index is 12.7. The van der Waals surface area contributed by atoms with Crippen LogP contribution in [-0.4, -0.2) is 31.3 Å². The molecule has 0 bridgehead atoms. The molecule has 0 saturated carbocycles. The van der Waals surface area contributed by atoms with Gasteiger partial charge in [0.15, 0.2) is 0 Å². The van der Waals surface area contributed by atoms with Crippen LogP contribution in [0.2, 0.25) is 0 Å². The Morgan fingerprint density at radius 3 is 2.46 bits per heavy atom. The number of aryl methyl sites for hydroxylation is 1. The summed E-state index contributed by atoms with van der Waals surface area (Å²) in [5.74, 6) is 0. The molecular formula is C19H22N2O2S. The van der Waals surface area contributed by atoms with Crippen molar-refractivity contribution >= 4 is 20.9 Å². The minimum atomic E-state index is -3.45. The van der Waals surface area contributed by atoms with Gasteiger partial charge in [0.2, 0.25) is 10.0 Å². The van der Waals surface area contributed by atoms with Crippen molar-refractivity contribution in [2.24, 2.45) is 0 Å². The van der Waals surface area contributed by atoms with E-state index in [2.05, 4.69) is 18.0 Å². The van der Waals surface area contributed by atoms with Gasteiger partial charge in [-0.15, -0.1) is 0 Å². The molecule has 0 radical (unpaired) electrons. The number of nitrogens with zero attached hydrogens (tertiary/aromatic N) is 1. The van der Waals surface area contributed by atoms with Crippen molar-refractivity contribution in [2.75, 3.05) is 13.6 Å². The molecule has 0 fully saturated rings. The number of H-pyrrole nitrogens is 1. The van der Waals surface area contributed by atoms with E-state index in [4.69, 9.17) is 0 Å². The molecule has 3 aromatic rings. The molecule has 0 spiro atoms. The number of hydrogen-bond donors (Lipinski definition) is 1. The average Bonchev–Trinajstić information content (AvgIpc) is 3.03. The van der Waals surface area contributed by atoms with Gasteiger partial charge in [0.1, 0.15) is 0 Å². The molecule has 126 valence electrons. The first-order valence-electron chi connectivity index (χ1n) is 8.12. The summed E-state index contributed by atoms with van der Waals surface area (Å²) in [6, 6.07) is 15.2. The standard InChI is InChI=1S/C19H22N2O2S/c1-3-15-8-10-17(11-9-15)24(22,23)21(2)13-12-16-14-20-19-7-5-4-6-18(16)19/h4-11,14,20H,3,12-13H2,1-2H3. The minimum Gasteiger partial charge on any atom is -0.361 e. The SMILES string of the molecule is CCc1ccc(S(=O)(=O)N(C)CCc2c[nH]c3ccccc23)cc1. The van der Waals surface area contributed by atoms with Crippen molar-refractivity contribution in [1.82, 2.24) is 9.29 Å². The molecule has 0 aliphatic carbocycles. The summed E-state index contributed by atoms with van der Waals surface area (Å²) in [7, 11) is -1.81. The normalized spacial score (nSPS) is 12.1. The summed E-state index contributed by atoms with van der Waals surface area (Å²) in [4.78, 5) is 3.58. The van der Waals surface area contributed by atoms with Crippen LogP contribution in [0.3, 0.4) is 0 Å². The van der Waals surface area contributed by atoms with Gasteiger partial charge in [-0.05, 0) is 42.2 Å². The Bertz CT molecular complexity index is 927. The second kappa shape index (κ2) is 6.79. The number of benzene rings is 2. The van der Waals surface area contributed by atoms with E-state index in [0.717, 1.165) is 28.5 Å². The van der Waals surface area contributed by atoms with Crippen LogP contribution >= 0.6 is 0 Å². The van der Waals surface area contributed by atoms with Crippen molar-refractivity contribution in [3.05, 3.63) is 65.9 Å². The van der Waals surface area contributed by atoms with Crippen LogP contribution in [0.5, 0.6) is 0 Å². The van der Waals surface area contributed by atoms with E-state index in [1.165, 1.54) is 4.31 Å². The predicted molar refractivity (Wildman–Crippen MR) is 97.6 cm³/mol. The molecule has 1 heterocycles. The fourth-order valence-electron chi connectivity index (χ4n) is 2.81. The molecule has 0 aliphatic heterocycles. The lowest BCUT2D eigenvalue weighted by atomic mass is 10.1. The number of sulfonamides is 1. The number of fused-ring (bicyclic) bond motifs is 1. The number of hydrogen-bond acceptors (Lipinski definition) is 2. The molecule has 4 nitrogen and oxygen atoms in total. The molecular weight excluding hydrogens is 320 g/mol. The molecule has 0 saturated heterocycles. The minimum absolute atomic E-state index is 0.348. The van der Waals surface area contributed by atoms with Gasteiger partial charge in [0.05, 0.1) is 4.90 Å². The predicted octanol–water partition coefficient (Wildman–Crippen LogP) is 3.59. The lowest BCUT2D eigenvalue weighted by Crippen LogP contribution is -2.29. The summed E-state index contributed by atoms with van der Waals surface area (Å²) >= 11 is 0. The zero-order valence-corrected chi connectivity index (χ0v) is 14.8. The molecule has 0 aliphatic rings. The summed E-state index contributed by atoms with van der Waals surface area (Å²) < 4.78 is 26.8. The van der Waals surface area contributed by atoms with E-state index in [-0.39, 0.29) is 0 Å². The smallest absolute Gasteiger partial charge is 0.242 e. The second-order valence-electron chi connectivity index (χ2n) is 5.93. The van der Waals surface area contributed by atoms with E-state index >= 15 is 0 Å². The van der Waals surface area contributed by atoms with Crippen molar-refractivity contribution < 1.29 is 8.42 Å². The molecule has 3 rings (SSSR count). The summed E-state index contributed by atoms with van der Waals surface area (Å²) in [5, 5.41) is 1.15. The Hall–Kier alpha value is -2.11. The van der Waals surface area contributed by atoms with E-state index in [0.29, 0.717) is 17.9 Å². The van der Waals surface area contributed by atoms with Gasteiger partial charge in [-0.1, -0.05) is 37.3 Å². The Labute approximate surface area is 143 Å². The number of aromatic amines is 1. The highest BCUT2D eigenvalue weighted by Crippen LogP contribution is 2.20. The molecule has 0 atom stereocenters. The zero-order chi connectivity index (χ0) is 17.2. The Morgan fingerprint density at radius 2 is 1.75 bits per heavy atom. The number of para-hydroxylation sites is 1. The fourth-order valence-corrected chi connectivity index (χ4v) is 3.99. The fraction of sp³-hybridized carbons (Fsp3) is 0.263. The first kappa shape index (κ1) is 16.7. The molecule has 5 heteroatoms. The molecule has 1 aromatic heterocycles. The van der Waals surface area contributed by atoms with E-state index in [1.54, 1.807) is 19.2 Å². The monoisotopic (exact) mass is 342 g/mol. The topological polar surface area (TPSA) is 53.2 Å². The van der Waals surface area contributed by atoms with Crippen LogP contribution < -0.4 is 0 Å². The van der Waals surface area contributed by atoms with Crippen molar-refractivity contribution in [3.8, 4) is 0 Å². The third-order valence-electron chi connectivity index (χ3n) is 4.41. The van der Waals surface area contributed by atoms with E-state index in [1.807, 2.05) is 36.5 Å². The lowest BCUT2D eigenvalue weighted by molar-refractivity contribution is 0.473. The number of nitrogens with one attached hydrogen (secondary N) is 1. The van der Waals surface area contributed by atoms with Crippen LogP contribution in [0.25, 0.3) is 10.9 Å². The second-order valence-corrected chi connectivity index (χ2v) is 7.98. The third-order valence-corrected chi connectivity index (χ3v) is 6.28. The van der Waals surface area contributed by atoms with Gasteiger partial charge in [-0.2, -0.15) is 0 Å². The molecule has 0 unspecified atom stereocenters. The zero-order valence-electron chi connectivity index (χ0n) is 14.0. The third kappa shape index (κ3) is 3.23. The highest BCUT2D eigenvalue weighted by molar-refractivity contribution is 7.89. The van der Waals surface area contributed by atoms with Crippen molar-refractivity contribution in [2.45, 2.75) is 24.7 Å². The van der Waals surface area contributed by atoms with Gasteiger partial charge >= 0.3 is 0 Å². The summed E-state index contributed by atoms with van der Waals surface area (Å²) in [6.07, 6.45) is 3.53. The molecule has 2 aromatic carbocycles.